The van der Waals surface area contributed by atoms with Crippen LogP contribution < -0.4 is 4.74 Å². The van der Waals surface area contributed by atoms with Crippen LogP contribution in [0.1, 0.15) is 17.5 Å². The first-order chi connectivity index (χ1) is 16.1. The zero-order chi connectivity index (χ0) is 22.8. The van der Waals surface area contributed by atoms with Gasteiger partial charge in [0.15, 0.2) is 9.42 Å². The van der Waals surface area contributed by atoms with Gasteiger partial charge in [-0.3, -0.25) is 4.57 Å². The molecule has 0 radical (unpaired) electrons. The third-order valence-electron chi connectivity index (χ3n) is 5.67. The molecule has 1 aliphatic rings. The lowest BCUT2D eigenvalue weighted by atomic mass is 10.1. The number of aliphatic hydroxyl groups is 1. The summed E-state index contributed by atoms with van der Waals surface area (Å²) in [5.41, 5.74) is 4.27. The number of para-hydroxylation sites is 2. The Labute approximate surface area is 206 Å². The van der Waals surface area contributed by atoms with Crippen molar-refractivity contribution in [3.05, 3.63) is 71.9 Å². The van der Waals surface area contributed by atoms with E-state index in [0.717, 1.165) is 46.2 Å². The molecule has 3 heterocycles. The van der Waals surface area contributed by atoms with E-state index in [1.807, 2.05) is 43.5 Å². The Hall–Kier alpha value is -2.13. The van der Waals surface area contributed by atoms with Crippen molar-refractivity contribution >= 4 is 46.3 Å². The SMILES string of the molecule is CSc1nc2ccccc2n1-c1nccc(OCCSC2(O)CCc3ccccc3S2)c1C. The molecule has 2 aromatic heterocycles. The van der Waals surface area contributed by atoms with E-state index in [1.54, 1.807) is 41.5 Å². The normalized spacial score (nSPS) is 17.8. The summed E-state index contributed by atoms with van der Waals surface area (Å²) in [4.78, 5) is 10.6. The molecule has 0 amide bonds. The van der Waals surface area contributed by atoms with Gasteiger partial charge < -0.3 is 9.84 Å². The predicted molar refractivity (Wildman–Crippen MR) is 139 cm³/mol. The molecule has 5 nitrogen and oxygen atoms in total. The minimum absolute atomic E-state index is 0.513. The number of aryl methyl sites for hydroxylation is 1. The Morgan fingerprint density at radius 1 is 1.15 bits per heavy atom. The summed E-state index contributed by atoms with van der Waals surface area (Å²) in [6, 6.07) is 18.3. The molecule has 170 valence electrons. The molecular formula is C25H25N3O2S3. The van der Waals surface area contributed by atoms with E-state index >= 15 is 0 Å². The summed E-state index contributed by atoms with van der Waals surface area (Å²) in [5.74, 6) is 2.34. The Morgan fingerprint density at radius 2 is 1.97 bits per heavy atom. The topological polar surface area (TPSA) is 60.2 Å². The van der Waals surface area contributed by atoms with E-state index in [2.05, 4.69) is 33.8 Å². The zero-order valence-electron chi connectivity index (χ0n) is 18.5. The highest BCUT2D eigenvalue weighted by atomic mass is 32.2. The van der Waals surface area contributed by atoms with E-state index in [9.17, 15) is 5.11 Å². The van der Waals surface area contributed by atoms with E-state index in [4.69, 9.17) is 9.72 Å². The summed E-state index contributed by atoms with van der Waals surface area (Å²) in [5, 5.41) is 11.9. The second-order valence-corrected chi connectivity index (χ2v) is 11.5. The zero-order valence-corrected chi connectivity index (χ0v) is 21.0. The average molecular weight is 496 g/mol. The smallest absolute Gasteiger partial charge is 0.174 e. The maximum absolute atomic E-state index is 11.0. The van der Waals surface area contributed by atoms with Gasteiger partial charge in [-0.2, -0.15) is 0 Å². The minimum Gasteiger partial charge on any atom is -0.492 e. The van der Waals surface area contributed by atoms with Crippen LogP contribution in [0.2, 0.25) is 0 Å². The third-order valence-corrected chi connectivity index (χ3v) is 9.08. The summed E-state index contributed by atoms with van der Waals surface area (Å²) in [6.07, 6.45) is 5.45. The molecule has 0 saturated carbocycles. The molecular weight excluding hydrogens is 470 g/mol. The lowest BCUT2D eigenvalue weighted by Crippen LogP contribution is -2.25. The van der Waals surface area contributed by atoms with E-state index < -0.39 is 4.27 Å². The van der Waals surface area contributed by atoms with Gasteiger partial charge in [0, 0.05) is 22.4 Å². The first-order valence-corrected chi connectivity index (χ1v) is 13.8. The molecule has 5 rings (SSSR count). The summed E-state index contributed by atoms with van der Waals surface area (Å²) < 4.78 is 7.43. The molecule has 0 fully saturated rings. The van der Waals surface area contributed by atoms with Crippen molar-refractivity contribution in [2.24, 2.45) is 0 Å². The number of hydrogen-bond acceptors (Lipinski definition) is 7. The van der Waals surface area contributed by atoms with Crippen molar-refractivity contribution < 1.29 is 9.84 Å². The van der Waals surface area contributed by atoms with Crippen LogP contribution in [-0.4, -0.2) is 42.5 Å². The molecule has 33 heavy (non-hydrogen) atoms. The quantitative estimate of drug-likeness (QED) is 0.193. The second kappa shape index (κ2) is 9.62. The number of benzene rings is 2. The van der Waals surface area contributed by atoms with Gasteiger partial charge in [-0.1, -0.05) is 53.9 Å². The van der Waals surface area contributed by atoms with Gasteiger partial charge in [-0.25, -0.2) is 9.97 Å². The van der Waals surface area contributed by atoms with Crippen molar-refractivity contribution in [2.75, 3.05) is 18.6 Å². The molecule has 0 saturated heterocycles. The maximum atomic E-state index is 11.0. The fourth-order valence-corrected chi connectivity index (χ4v) is 7.05. The number of imidazole rings is 1. The fraction of sp³-hybridized carbons (Fsp3) is 0.280. The van der Waals surface area contributed by atoms with Gasteiger partial charge in [0.2, 0.25) is 0 Å². The largest absolute Gasteiger partial charge is 0.492 e. The number of aromatic nitrogens is 3. The van der Waals surface area contributed by atoms with Gasteiger partial charge in [0.1, 0.15) is 11.6 Å². The van der Waals surface area contributed by atoms with Crippen molar-refractivity contribution in [3.8, 4) is 11.6 Å². The summed E-state index contributed by atoms with van der Waals surface area (Å²) in [6.45, 7) is 2.55. The lowest BCUT2D eigenvalue weighted by molar-refractivity contribution is 0.216. The first kappa shape index (κ1) is 22.7. The fourth-order valence-electron chi connectivity index (χ4n) is 4.01. The highest BCUT2D eigenvalue weighted by Gasteiger charge is 2.33. The number of nitrogens with zero attached hydrogens (tertiary/aromatic N) is 3. The van der Waals surface area contributed by atoms with Gasteiger partial charge in [-0.05, 0) is 55.9 Å². The molecule has 2 aromatic carbocycles. The van der Waals surface area contributed by atoms with E-state index in [-0.39, 0.29) is 0 Å². The standard InChI is InChI=1S/C25H25N3O2S3/c1-17-21(30-15-16-32-25(29)13-11-18-7-3-6-10-22(18)33-25)12-14-26-23(17)28-20-9-5-4-8-19(20)27-24(28)31-2/h3-10,12,14,29H,11,13,15-16H2,1-2H3. The lowest BCUT2D eigenvalue weighted by Gasteiger charge is -2.32. The van der Waals surface area contributed by atoms with Gasteiger partial charge >= 0.3 is 0 Å². The highest BCUT2D eigenvalue weighted by molar-refractivity contribution is 8.18. The van der Waals surface area contributed by atoms with Crippen molar-refractivity contribution in [1.29, 1.82) is 0 Å². The second-order valence-electron chi connectivity index (χ2n) is 7.80. The number of pyridine rings is 1. The number of rotatable bonds is 7. The molecule has 4 aromatic rings. The van der Waals surface area contributed by atoms with Crippen molar-refractivity contribution in [3.63, 3.8) is 0 Å². The first-order valence-electron chi connectivity index (χ1n) is 10.8. The summed E-state index contributed by atoms with van der Waals surface area (Å²) in [7, 11) is 0. The molecule has 1 unspecified atom stereocenters. The number of fused-ring (bicyclic) bond motifs is 2. The van der Waals surface area contributed by atoms with Crippen LogP contribution in [0.4, 0.5) is 0 Å². The third kappa shape index (κ3) is 4.62. The molecule has 0 aliphatic carbocycles. The predicted octanol–water partition coefficient (Wildman–Crippen LogP) is 5.95. The average Bonchev–Trinajstić information content (AvgIpc) is 3.21. The highest BCUT2D eigenvalue weighted by Crippen LogP contribution is 2.48. The van der Waals surface area contributed by atoms with Crippen LogP contribution in [-0.2, 0) is 6.42 Å². The van der Waals surface area contributed by atoms with Gasteiger partial charge in [-0.15, -0.1) is 11.8 Å². The van der Waals surface area contributed by atoms with E-state index in [0.29, 0.717) is 12.4 Å². The van der Waals surface area contributed by atoms with Crippen molar-refractivity contribution in [1.82, 2.24) is 14.5 Å². The number of thioether (sulfide) groups is 3. The Balaban J connectivity index is 1.28. The number of hydrogen-bond donors (Lipinski definition) is 1. The van der Waals surface area contributed by atoms with Crippen LogP contribution in [0.3, 0.4) is 0 Å². The monoisotopic (exact) mass is 495 g/mol. The molecule has 1 aliphatic heterocycles. The van der Waals surface area contributed by atoms with Crippen LogP contribution in [0.5, 0.6) is 5.75 Å². The minimum atomic E-state index is -0.806. The Morgan fingerprint density at radius 3 is 2.85 bits per heavy atom. The summed E-state index contributed by atoms with van der Waals surface area (Å²) >= 11 is 4.71. The molecule has 8 heteroatoms. The van der Waals surface area contributed by atoms with Crippen molar-refractivity contribution in [2.45, 2.75) is 34.1 Å². The Bertz CT molecular complexity index is 1290. The van der Waals surface area contributed by atoms with Crippen LogP contribution in [0.25, 0.3) is 16.9 Å². The molecule has 0 bridgehead atoms. The Kier molecular flexibility index (Phi) is 6.60. The number of ether oxygens (including phenoxy) is 1. The van der Waals surface area contributed by atoms with Gasteiger partial charge in [0.05, 0.1) is 17.6 Å². The van der Waals surface area contributed by atoms with E-state index in [1.165, 1.54) is 10.5 Å². The maximum Gasteiger partial charge on any atom is 0.174 e. The van der Waals surface area contributed by atoms with Crippen LogP contribution in [0.15, 0.2) is 70.8 Å². The molecule has 1 atom stereocenters. The van der Waals surface area contributed by atoms with Crippen LogP contribution in [0, 0.1) is 6.92 Å². The van der Waals surface area contributed by atoms with Gasteiger partial charge in [0.25, 0.3) is 0 Å². The van der Waals surface area contributed by atoms with Crippen LogP contribution >= 0.6 is 35.3 Å². The molecule has 1 N–H and O–H groups in total. The molecule has 0 spiro atoms.